The lowest BCUT2D eigenvalue weighted by atomic mass is 9.75. The van der Waals surface area contributed by atoms with Crippen LogP contribution in [0.2, 0.25) is 0 Å². The van der Waals surface area contributed by atoms with E-state index in [1.54, 1.807) is 0 Å². The zero-order valence-electron chi connectivity index (χ0n) is 15.2. The largest absolute Gasteiger partial charge is 0.493 e. The molecule has 0 radical (unpaired) electrons. The number of ether oxygens (including phenoxy) is 3. The molecule has 0 spiro atoms. The van der Waals surface area contributed by atoms with Gasteiger partial charge in [-0.3, -0.25) is 4.79 Å². The standard InChI is InChI=1S/C19H28O5/c1-11(2)23-16-15(22-6)13(5)19(21,14-9-7-8-10-14)18(20)17(16)24-12(3)4/h9,11-12,17,21H,5,7-8,10H2,1-4,6H3. The van der Waals surface area contributed by atoms with Gasteiger partial charge in [0.25, 0.3) is 0 Å². The molecule has 24 heavy (non-hydrogen) atoms. The molecule has 0 aromatic heterocycles. The van der Waals surface area contributed by atoms with Crippen LogP contribution in [0.5, 0.6) is 0 Å². The smallest absolute Gasteiger partial charge is 0.209 e. The van der Waals surface area contributed by atoms with Gasteiger partial charge >= 0.3 is 0 Å². The number of allylic oxidation sites excluding steroid dienone is 1. The molecular formula is C19H28O5. The highest BCUT2D eigenvalue weighted by Gasteiger charge is 2.54. The third kappa shape index (κ3) is 3.15. The summed E-state index contributed by atoms with van der Waals surface area (Å²) in [7, 11) is 1.48. The Labute approximate surface area is 144 Å². The second kappa shape index (κ2) is 7.11. The summed E-state index contributed by atoms with van der Waals surface area (Å²) < 4.78 is 17.1. The molecule has 2 aliphatic carbocycles. The summed E-state index contributed by atoms with van der Waals surface area (Å²) in [6, 6.07) is 0. The zero-order chi connectivity index (χ0) is 18.1. The molecule has 5 nitrogen and oxygen atoms in total. The van der Waals surface area contributed by atoms with Crippen molar-refractivity contribution in [1.29, 1.82) is 0 Å². The third-order valence-corrected chi connectivity index (χ3v) is 4.25. The Morgan fingerprint density at radius 1 is 1.29 bits per heavy atom. The molecule has 5 heteroatoms. The van der Waals surface area contributed by atoms with E-state index in [-0.39, 0.29) is 17.8 Å². The maximum Gasteiger partial charge on any atom is 0.209 e. The number of carbonyl (C=O) groups excluding carboxylic acids is 1. The molecule has 0 aliphatic heterocycles. The molecule has 0 saturated carbocycles. The first-order valence-electron chi connectivity index (χ1n) is 8.49. The van der Waals surface area contributed by atoms with Crippen LogP contribution in [-0.2, 0) is 19.0 Å². The van der Waals surface area contributed by atoms with Crippen molar-refractivity contribution in [3.63, 3.8) is 0 Å². The summed E-state index contributed by atoms with van der Waals surface area (Å²) in [5.74, 6) is 0.134. The molecule has 2 aliphatic rings. The van der Waals surface area contributed by atoms with Crippen LogP contribution in [-0.4, -0.2) is 41.9 Å². The minimum atomic E-state index is -1.79. The zero-order valence-corrected chi connectivity index (χ0v) is 15.2. The number of carbonyl (C=O) groups is 1. The van der Waals surface area contributed by atoms with Gasteiger partial charge < -0.3 is 19.3 Å². The lowest BCUT2D eigenvalue weighted by molar-refractivity contribution is -0.149. The Morgan fingerprint density at radius 2 is 1.96 bits per heavy atom. The first-order chi connectivity index (χ1) is 11.2. The lowest BCUT2D eigenvalue weighted by Crippen LogP contribution is -2.54. The first-order valence-corrected chi connectivity index (χ1v) is 8.49. The summed E-state index contributed by atoms with van der Waals surface area (Å²) in [5.41, 5.74) is -0.888. The molecule has 134 valence electrons. The van der Waals surface area contributed by atoms with Crippen molar-refractivity contribution < 1.29 is 24.1 Å². The fourth-order valence-electron chi connectivity index (χ4n) is 3.23. The number of hydrogen-bond donors (Lipinski definition) is 1. The van der Waals surface area contributed by atoms with Crippen molar-refractivity contribution in [2.75, 3.05) is 7.11 Å². The van der Waals surface area contributed by atoms with Crippen LogP contribution >= 0.6 is 0 Å². The number of methoxy groups -OCH3 is 1. The van der Waals surface area contributed by atoms with E-state index < -0.39 is 17.5 Å². The van der Waals surface area contributed by atoms with Crippen LogP contribution < -0.4 is 0 Å². The third-order valence-electron chi connectivity index (χ3n) is 4.25. The predicted molar refractivity (Wildman–Crippen MR) is 91.3 cm³/mol. The minimum absolute atomic E-state index is 0.166. The number of Topliss-reactive ketones (excluding diaryl/α,β-unsaturated/α-hetero) is 1. The SMILES string of the molecule is C=C1C(OC)=C(OC(C)C)C(OC(C)C)C(=O)C1(O)C1=CCCC1. The number of aliphatic hydroxyl groups is 1. The van der Waals surface area contributed by atoms with Gasteiger partial charge in [0.15, 0.2) is 23.2 Å². The minimum Gasteiger partial charge on any atom is -0.493 e. The molecule has 0 aromatic rings. The van der Waals surface area contributed by atoms with E-state index in [1.807, 2.05) is 33.8 Å². The molecule has 0 amide bonds. The van der Waals surface area contributed by atoms with Crippen LogP contribution in [0.4, 0.5) is 0 Å². The Balaban J connectivity index is 2.59. The second-order valence-corrected chi connectivity index (χ2v) is 6.80. The molecule has 2 rings (SSSR count). The van der Waals surface area contributed by atoms with E-state index in [0.29, 0.717) is 23.5 Å². The summed E-state index contributed by atoms with van der Waals surface area (Å²) >= 11 is 0. The highest BCUT2D eigenvalue weighted by atomic mass is 16.6. The van der Waals surface area contributed by atoms with E-state index in [0.717, 1.165) is 12.8 Å². The van der Waals surface area contributed by atoms with Crippen LogP contribution in [0.25, 0.3) is 0 Å². The van der Waals surface area contributed by atoms with E-state index in [1.165, 1.54) is 7.11 Å². The molecular weight excluding hydrogens is 308 g/mol. The van der Waals surface area contributed by atoms with Crippen molar-refractivity contribution in [2.45, 2.75) is 70.9 Å². The maximum absolute atomic E-state index is 13.2. The average Bonchev–Trinajstić information content (AvgIpc) is 3.03. The van der Waals surface area contributed by atoms with Gasteiger partial charge in [-0.05, 0) is 52.5 Å². The number of ketones is 1. The summed E-state index contributed by atoms with van der Waals surface area (Å²) in [4.78, 5) is 13.2. The Bertz CT molecular complexity index is 585. The van der Waals surface area contributed by atoms with Crippen molar-refractivity contribution >= 4 is 5.78 Å². The van der Waals surface area contributed by atoms with Crippen LogP contribution in [0, 0.1) is 0 Å². The monoisotopic (exact) mass is 336 g/mol. The molecule has 0 saturated heterocycles. The van der Waals surface area contributed by atoms with Gasteiger partial charge in [-0.2, -0.15) is 0 Å². The van der Waals surface area contributed by atoms with Gasteiger partial charge in [-0.25, -0.2) is 0 Å². The van der Waals surface area contributed by atoms with Crippen molar-refractivity contribution in [3.8, 4) is 0 Å². The second-order valence-electron chi connectivity index (χ2n) is 6.80. The van der Waals surface area contributed by atoms with Gasteiger partial charge in [0.05, 0.1) is 19.3 Å². The molecule has 2 atom stereocenters. The van der Waals surface area contributed by atoms with Gasteiger partial charge in [-0.15, -0.1) is 0 Å². The normalized spacial score (nSPS) is 28.0. The fourth-order valence-corrected chi connectivity index (χ4v) is 3.23. The van der Waals surface area contributed by atoms with Crippen LogP contribution in [0.1, 0.15) is 47.0 Å². The van der Waals surface area contributed by atoms with Gasteiger partial charge in [0, 0.05) is 5.57 Å². The highest BCUT2D eigenvalue weighted by molar-refractivity contribution is 6.02. The van der Waals surface area contributed by atoms with Crippen LogP contribution in [0.3, 0.4) is 0 Å². The maximum atomic E-state index is 13.2. The molecule has 0 bridgehead atoms. The quantitative estimate of drug-likeness (QED) is 0.755. The Hall–Kier alpha value is -1.59. The molecule has 2 unspecified atom stereocenters. The first kappa shape index (κ1) is 18.7. The molecule has 0 heterocycles. The Morgan fingerprint density at radius 3 is 2.42 bits per heavy atom. The van der Waals surface area contributed by atoms with Gasteiger partial charge in [-0.1, -0.05) is 12.7 Å². The molecule has 0 fully saturated rings. The van der Waals surface area contributed by atoms with E-state index in [2.05, 4.69) is 6.58 Å². The number of hydrogen-bond acceptors (Lipinski definition) is 5. The Kier molecular flexibility index (Phi) is 5.56. The summed E-state index contributed by atoms with van der Waals surface area (Å²) in [5, 5.41) is 11.3. The van der Waals surface area contributed by atoms with Gasteiger partial charge in [0.1, 0.15) is 0 Å². The summed E-state index contributed by atoms with van der Waals surface area (Å²) in [6.07, 6.45) is 2.94. The highest BCUT2D eigenvalue weighted by Crippen LogP contribution is 2.44. The fraction of sp³-hybridized carbons (Fsp3) is 0.632. The molecule has 0 aromatic carbocycles. The van der Waals surface area contributed by atoms with E-state index >= 15 is 0 Å². The van der Waals surface area contributed by atoms with Gasteiger partial charge in [0.2, 0.25) is 5.78 Å². The van der Waals surface area contributed by atoms with Crippen molar-refractivity contribution in [1.82, 2.24) is 0 Å². The van der Waals surface area contributed by atoms with Crippen molar-refractivity contribution in [2.24, 2.45) is 0 Å². The van der Waals surface area contributed by atoms with E-state index in [4.69, 9.17) is 14.2 Å². The number of rotatable bonds is 6. The average molecular weight is 336 g/mol. The molecule has 1 N–H and O–H groups in total. The van der Waals surface area contributed by atoms with E-state index in [9.17, 15) is 9.90 Å². The lowest BCUT2D eigenvalue weighted by Gasteiger charge is -2.40. The topological polar surface area (TPSA) is 65.0 Å². The van der Waals surface area contributed by atoms with Crippen LogP contribution in [0.15, 0.2) is 35.3 Å². The summed E-state index contributed by atoms with van der Waals surface area (Å²) in [6.45, 7) is 11.4. The predicted octanol–water partition coefficient (Wildman–Crippen LogP) is 3.04. The van der Waals surface area contributed by atoms with Crippen molar-refractivity contribution in [3.05, 3.63) is 35.3 Å².